The SMILES string of the molecule is O=C(O)CC1(CCO)CNC1. The van der Waals surface area contributed by atoms with E-state index in [0.29, 0.717) is 6.42 Å². The van der Waals surface area contributed by atoms with Crippen LogP contribution in [-0.4, -0.2) is 35.9 Å². The smallest absolute Gasteiger partial charge is 0.304 e. The van der Waals surface area contributed by atoms with Crippen molar-refractivity contribution in [1.82, 2.24) is 5.32 Å². The van der Waals surface area contributed by atoms with E-state index in [2.05, 4.69) is 5.32 Å². The Kier molecular flexibility index (Phi) is 2.46. The molecule has 4 nitrogen and oxygen atoms in total. The lowest BCUT2D eigenvalue weighted by Gasteiger charge is -2.41. The van der Waals surface area contributed by atoms with Gasteiger partial charge in [-0.15, -0.1) is 0 Å². The molecule has 4 heteroatoms. The molecule has 0 aromatic rings. The van der Waals surface area contributed by atoms with Gasteiger partial charge in [-0.2, -0.15) is 0 Å². The molecule has 0 aromatic carbocycles. The molecule has 3 N–H and O–H groups in total. The molecule has 1 aliphatic heterocycles. The fraction of sp³-hybridized carbons (Fsp3) is 0.857. The number of nitrogens with one attached hydrogen (secondary N) is 1. The number of aliphatic hydroxyl groups excluding tert-OH is 1. The quantitative estimate of drug-likeness (QED) is 0.514. The molecule has 0 spiro atoms. The Bertz CT molecular complexity index is 154. The van der Waals surface area contributed by atoms with Crippen molar-refractivity contribution in [2.24, 2.45) is 5.41 Å². The van der Waals surface area contributed by atoms with Gasteiger partial charge in [0, 0.05) is 25.1 Å². The van der Waals surface area contributed by atoms with Crippen molar-refractivity contribution >= 4 is 5.97 Å². The summed E-state index contributed by atoms with van der Waals surface area (Å²) in [5, 5.41) is 20.2. The van der Waals surface area contributed by atoms with Crippen molar-refractivity contribution < 1.29 is 15.0 Å². The summed E-state index contributed by atoms with van der Waals surface area (Å²) >= 11 is 0. The Morgan fingerprint density at radius 3 is 2.45 bits per heavy atom. The van der Waals surface area contributed by atoms with Gasteiger partial charge in [-0.05, 0) is 6.42 Å². The van der Waals surface area contributed by atoms with E-state index >= 15 is 0 Å². The third-order valence-corrected chi connectivity index (χ3v) is 2.17. The van der Waals surface area contributed by atoms with Crippen LogP contribution in [0.2, 0.25) is 0 Å². The van der Waals surface area contributed by atoms with Crippen LogP contribution in [-0.2, 0) is 4.79 Å². The van der Waals surface area contributed by atoms with Crippen molar-refractivity contribution in [2.75, 3.05) is 19.7 Å². The van der Waals surface area contributed by atoms with E-state index in [1.807, 2.05) is 0 Å². The van der Waals surface area contributed by atoms with Crippen molar-refractivity contribution in [3.8, 4) is 0 Å². The number of aliphatic hydroxyl groups is 1. The highest BCUT2D eigenvalue weighted by molar-refractivity contribution is 5.68. The topological polar surface area (TPSA) is 69.6 Å². The summed E-state index contributed by atoms with van der Waals surface area (Å²) in [5.74, 6) is -0.778. The Morgan fingerprint density at radius 2 is 2.18 bits per heavy atom. The van der Waals surface area contributed by atoms with Crippen LogP contribution in [0.25, 0.3) is 0 Å². The second-order valence-electron chi connectivity index (χ2n) is 3.15. The lowest BCUT2D eigenvalue weighted by molar-refractivity contribution is -0.141. The van der Waals surface area contributed by atoms with E-state index in [-0.39, 0.29) is 18.4 Å². The van der Waals surface area contributed by atoms with Crippen LogP contribution in [0.4, 0.5) is 0 Å². The van der Waals surface area contributed by atoms with Gasteiger partial charge in [-0.25, -0.2) is 0 Å². The average Bonchev–Trinajstić information content (AvgIpc) is 1.82. The molecular formula is C7H13NO3. The predicted octanol–water partition coefficient (Wildman–Crippen LogP) is -0.567. The zero-order valence-corrected chi connectivity index (χ0v) is 6.34. The summed E-state index contributed by atoms with van der Waals surface area (Å²) in [7, 11) is 0. The second kappa shape index (κ2) is 3.19. The molecule has 1 rings (SSSR count). The third-order valence-electron chi connectivity index (χ3n) is 2.17. The molecule has 0 unspecified atom stereocenters. The highest BCUT2D eigenvalue weighted by Gasteiger charge is 2.38. The Morgan fingerprint density at radius 1 is 1.55 bits per heavy atom. The molecular weight excluding hydrogens is 146 g/mol. The van der Waals surface area contributed by atoms with Crippen LogP contribution in [0.1, 0.15) is 12.8 Å². The molecule has 0 bridgehead atoms. The van der Waals surface area contributed by atoms with Crippen LogP contribution in [0.5, 0.6) is 0 Å². The highest BCUT2D eigenvalue weighted by Crippen LogP contribution is 2.30. The van der Waals surface area contributed by atoms with Crippen molar-refractivity contribution in [1.29, 1.82) is 0 Å². The second-order valence-corrected chi connectivity index (χ2v) is 3.15. The van der Waals surface area contributed by atoms with Gasteiger partial charge < -0.3 is 15.5 Å². The van der Waals surface area contributed by atoms with Gasteiger partial charge in [0.1, 0.15) is 0 Å². The maximum atomic E-state index is 10.4. The molecule has 0 saturated carbocycles. The molecule has 0 atom stereocenters. The fourth-order valence-corrected chi connectivity index (χ4v) is 1.43. The largest absolute Gasteiger partial charge is 0.481 e. The van der Waals surface area contributed by atoms with Gasteiger partial charge in [-0.1, -0.05) is 0 Å². The van der Waals surface area contributed by atoms with Crippen LogP contribution in [0.15, 0.2) is 0 Å². The molecule has 1 saturated heterocycles. The lowest BCUT2D eigenvalue weighted by atomic mass is 9.76. The first-order chi connectivity index (χ1) is 5.18. The Labute approximate surface area is 65.2 Å². The number of carboxylic acids is 1. The molecule has 0 aliphatic carbocycles. The van der Waals surface area contributed by atoms with Crippen molar-refractivity contribution in [3.05, 3.63) is 0 Å². The molecule has 1 aliphatic rings. The standard InChI is InChI=1S/C7H13NO3/c9-2-1-7(3-6(10)11)4-8-5-7/h8-9H,1-5H2,(H,10,11). The molecule has 1 fully saturated rings. The molecule has 11 heavy (non-hydrogen) atoms. The average molecular weight is 159 g/mol. The van der Waals surface area contributed by atoms with Gasteiger partial charge in [0.2, 0.25) is 0 Å². The monoisotopic (exact) mass is 159 g/mol. The summed E-state index contributed by atoms with van der Waals surface area (Å²) in [5.41, 5.74) is -0.166. The van der Waals surface area contributed by atoms with E-state index < -0.39 is 5.97 Å². The molecule has 0 radical (unpaired) electrons. The minimum absolute atomic E-state index is 0.0783. The lowest BCUT2D eigenvalue weighted by Crippen LogP contribution is -2.54. The van der Waals surface area contributed by atoms with E-state index in [1.54, 1.807) is 0 Å². The highest BCUT2D eigenvalue weighted by atomic mass is 16.4. The number of rotatable bonds is 4. The summed E-state index contributed by atoms with van der Waals surface area (Å²) in [6.45, 7) is 1.52. The van der Waals surface area contributed by atoms with Gasteiger partial charge in [0.25, 0.3) is 0 Å². The molecule has 0 aromatic heterocycles. The van der Waals surface area contributed by atoms with E-state index in [9.17, 15) is 4.79 Å². The van der Waals surface area contributed by atoms with Gasteiger partial charge in [-0.3, -0.25) is 4.79 Å². The van der Waals surface area contributed by atoms with Crippen LogP contribution < -0.4 is 5.32 Å². The van der Waals surface area contributed by atoms with Gasteiger partial charge >= 0.3 is 5.97 Å². The first-order valence-corrected chi connectivity index (χ1v) is 3.72. The summed E-state index contributed by atoms with van der Waals surface area (Å²) in [6, 6.07) is 0. The maximum Gasteiger partial charge on any atom is 0.304 e. The number of carbonyl (C=O) groups is 1. The Hall–Kier alpha value is -0.610. The normalized spacial score (nSPS) is 20.8. The third kappa shape index (κ3) is 1.91. The van der Waals surface area contributed by atoms with E-state index in [1.165, 1.54) is 0 Å². The minimum atomic E-state index is -0.778. The van der Waals surface area contributed by atoms with Crippen LogP contribution >= 0.6 is 0 Å². The predicted molar refractivity (Wildman–Crippen MR) is 39.3 cm³/mol. The number of aliphatic carboxylic acids is 1. The summed E-state index contributed by atoms with van der Waals surface area (Å²) < 4.78 is 0. The summed E-state index contributed by atoms with van der Waals surface area (Å²) in [6.07, 6.45) is 0.757. The van der Waals surface area contributed by atoms with Gasteiger partial charge in [0.15, 0.2) is 0 Å². The van der Waals surface area contributed by atoms with Gasteiger partial charge in [0.05, 0.1) is 6.42 Å². The molecule has 0 amide bonds. The zero-order valence-electron chi connectivity index (χ0n) is 6.34. The molecule has 64 valence electrons. The van der Waals surface area contributed by atoms with Crippen LogP contribution in [0, 0.1) is 5.41 Å². The number of hydrogen-bond acceptors (Lipinski definition) is 3. The Balaban J connectivity index is 2.39. The summed E-state index contributed by atoms with van der Waals surface area (Å²) in [4.78, 5) is 10.4. The number of carboxylic acid groups (broad SMARTS) is 1. The number of hydrogen-bond donors (Lipinski definition) is 3. The van der Waals surface area contributed by atoms with Crippen LogP contribution in [0.3, 0.4) is 0 Å². The van der Waals surface area contributed by atoms with Crippen molar-refractivity contribution in [3.63, 3.8) is 0 Å². The zero-order chi connectivity index (χ0) is 8.32. The molecule has 1 heterocycles. The van der Waals surface area contributed by atoms with Crippen molar-refractivity contribution in [2.45, 2.75) is 12.8 Å². The van der Waals surface area contributed by atoms with E-state index in [4.69, 9.17) is 10.2 Å². The first kappa shape index (κ1) is 8.49. The first-order valence-electron chi connectivity index (χ1n) is 3.72. The maximum absolute atomic E-state index is 10.4. The van der Waals surface area contributed by atoms with E-state index in [0.717, 1.165) is 13.1 Å². The fourth-order valence-electron chi connectivity index (χ4n) is 1.43. The minimum Gasteiger partial charge on any atom is -0.481 e.